The van der Waals surface area contributed by atoms with Gasteiger partial charge < -0.3 is 10.6 Å². The van der Waals surface area contributed by atoms with Crippen molar-refractivity contribution >= 4 is 32.5 Å². The van der Waals surface area contributed by atoms with E-state index < -0.39 is 36.8 Å². The Balaban J connectivity index is 2.43. The molecule has 0 heterocycles. The fourth-order valence-electron chi connectivity index (χ4n) is 2.70. The van der Waals surface area contributed by atoms with E-state index in [-0.39, 0.29) is 22.6 Å². The van der Waals surface area contributed by atoms with Crippen molar-refractivity contribution in [1.82, 2.24) is 10.6 Å². The zero-order valence-electron chi connectivity index (χ0n) is 15.9. The molecule has 0 aliphatic rings. The van der Waals surface area contributed by atoms with Crippen LogP contribution in [-0.4, -0.2) is 40.4 Å². The van der Waals surface area contributed by atoms with Gasteiger partial charge in [-0.2, -0.15) is 0 Å². The Bertz CT molecular complexity index is 975. The lowest BCUT2D eigenvalue weighted by Gasteiger charge is -2.23. The minimum Gasteiger partial charge on any atom is -0.342 e. The molecule has 0 spiro atoms. The molecule has 156 valence electrons. The molecular formula is C19H22N2O6S2. The monoisotopic (exact) mass is 438 g/mol. The van der Waals surface area contributed by atoms with Gasteiger partial charge in [-0.1, -0.05) is 35.4 Å². The molecule has 2 atom stereocenters. The topological polar surface area (TPSA) is 126 Å². The van der Waals surface area contributed by atoms with E-state index in [1.165, 1.54) is 24.3 Å². The maximum atomic E-state index is 12.9. The molecule has 0 radical (unpaired) electrons. The van der Waals surface area contributed by atoms with Crippen LogP contribution in [0.4, 0.5) is 0 Å². The zero-order valence-corrected chi connectivity index (χ0v) is 17.5. The minimum absolute atomic E-state index is 0.0694. The molecule has 2 aromatic rings. The molecule has 0 bridgehead atoms. The van der Waals surface area contributed by atoms with Crippen LogP contribution in [-0.2, 0) is 29.3 Å². The molecule has 2 N–H and O–H groups in total. The first kappa shape index (κ1) is 22.6. The van der Waals surface area contributed by atoms with Gasteiger partial charge in [0.15, 0.2) is 19.7 Å². The van der Waals surface area contributed by atoms with Crippen LogP contribution < -0.4 is 10.6 Å². The normalized spacial score (nSPS) is 13.9. The summed E-state index contributed by atoms with van der Waals surface area (Å²) >= 11 is 0. The Labute approximate surface area is 170 Å². The average molecular weight is 439 g/mol. The molecule has 0 saturated heterocycles. The van der Waals surface area contributed by atoms with E-state index in [0.717, 1.165) is 11.1 Å². The van der Waals surface area contributed by atoms with Gasteiger partial charge in [0.1, 0.15) is 10.7 Å². The smallest absolute Gasteiger partial charge is 0.208 e. The lowest BCUT2D eigenvalue weighted by atomic mass is 10.2. The number of sulfone groups is 2. The highest BCUT2D eigenvalue weighted by Crippen LogP contribution is 2.23. The highest BCUT2D eigenvalue weighted by molar-refractivity contribution is 7.93. The number of nitrogens with one attached hydrogen (secondary N) is 2. The van der Waals surface area contributed by atoms with Crippen molar-refractivity contribution in [2.24, 2.45) is 0 Å². The van der Waals surface area contributed by atoms with Gasteiger partial charge >= 0.3 is 0 Å². The van der Waals surface area contributed by atoms with E-state index in [4.69, 9.17) is 0 Å². The standard InChI is InChI=1S/C19H22N2O6S2/c1-14-3-7-16(8-4-14)28(24,25)18(20-12-22)11-19(21-13-23)29(26,27)17-9-5-15(2)6-10-17/h3-10,12-13,18-19H,11H2,1-2H3,(H,20,22)(H,21,23)/t18-,19+. The van der Waals surface area contributed by atoms with Gasteiger partial charge in [-0.3, -0.25) is 9.59 Å². The summed E-state index contributed by atoms with van der Waals surface area (Å²) in [4.78, 5) is 21.9. The lowest BCUT2D eigenvalue weighted by Crippen LogP contribution is -2.45. The van der Waals surface area contributed by atoms with Crippen LogP contribution in [0.2, 0.25) is 0 Å². The summed E-state index contributed by atoms with van der Waals surface area (Å²) in [7, 11) is -8.21. The number of carbonyl (C=O) groups is 2. The third kappa shape index (κ3) is 5.21. The molecule has 2 amide bonds. The number of benzene rings is 2. The quantitative estimate of drug-likeness (QED) is 0.535. The molecule has 0 saturated carbocycles. The van der Waals surface area contributed by atoms with Crippen molar-refractivity contribution in [2.75, 3.05) is 0 Å². The summed E-state index contributed by atoms with van der Waals surface area (Å²) in [5, 5.41) is 1.23. The van der Waals surface area contributed by atoms with Crippen molar-refractivity contribution in [3.63, 3.8) is 0 Å². The summed E-state index contributed by atoms with van der Waals surface area (Å²) in [6.45, 7) is 3.57. The van der Waals surface area contributed by atoms with E-state index in [2.05, 4.69) is 10.6 Å². The molecule has 0 aliphatic carbocycles. The first-order valence-corrected chi connectivity index (χ1v) is 11.7. The molecule has 0 aliphatic heterocycles. The highest BCUT2D eigenvalue weighted by Gasteiger charge is 2.36. The van der Waals surface area contributed by atoms with Crippen LogP contribution >= 0.6 is 0 Å². The van der Waals surface area contributed by atoms with E-state index in [1.807, 2.05) is 0 Å². The summed E-state index contributed by atoms with van der Waals surface area (Å²) < 4.78 is 51.8. The number of amides is 2. The zero-order chi connectivity index (χ0) is 21.7. The second-order valence-electron chi connectivity index (χ2n) is 6.50. The van der Waals surface area contributed by atoms with Crippen molar-refractivity contribution in [2.45, 2.75) is 40.8 Å². The fraction of sp³-hybridized carbons (Fsp3) is 0.263. The number of hydrogen-bond acceptors (Lipinski definition) is 6. The minimum atomic E-state index is -4.11. The number of rotatable bonds is 10. The van der Waals surface area contributed by atoms with Crippen LogP contribution in [0.5, 0.6) is 0 Å². The highest BCUT2D eigenvalue weighted by atomic mass is 32.2. The molecule has 0 unspecified atom stereocenters. The van der Waals surface area contributed by atoms with Gasteiger partial charge in [0.2, 0.25) is 12.8 Å². The number of aryl methyl sites for hydroxylation is 2. The van der Waals surface area contributed by atoms with Gasteiger partial charge in [-0.05, 0) is 38.1 Å². The maximum absolute atomic E-state index is 12.9. The Kier molecular flexibility index (Phi) is 7.15. The predicted molar refractivity (Wildman–Crippen MR) is 107 cm³/mol. The molecule has 29 heavy (non-hydrogen) atoms. The summed E-state index contributed by atoms with van der Waals surface area (Å²) in [5.41, 5.74) is 1.68. The summed E-state index contributed by atoms with van der Waals surface area (Å²) in [5.74, 6) is 0. The Morgan fingerprint density at radius 2 is 1.00 bits per heavy atom. The fourth-order valence-corrected chi connectivity index (χ4v) is 5.87. The van der Waals surface area contributed by atoms with Gasteiger partial charge in [-0.25, -0.2) is 16.8 Å². The van der Waals surface area contributed by atoms with Crippen molar-refractivity contribution < 1.29 is 26.4 Å². The van der Waals surface area contributed by atoms with Crippen molar-refractivity contribution in [3.05, 3.63) is 59.7 Å². The largest absolute Gasteiger partial charge is 0.342 e. The van der Waals surface area contributed by atoms with Crippen LogP contribution in [0.3, 0.4) is 0 Å². The van der Waals surface area contributed by atoms with E-state index in [1.54, 1.807) is 38.1 Å². The third-order valence-electron chi connectivity index (χ3n) is 4.38. The first-order valence-electron chi connectivity index (χ1n) is 8.63. The Morgan fingerprint density at radius 3 is 1.28 bits per heavy atom. The van der Waals surface area contributed by atoms with Crippen LogP contribution in [0, 0.1) is 13.8 Å². The molecule has 10 heteroatoms. The number of carbonyl (C=O) groups excluding carboxylic acids is 2. The molecule has 0 aromatic heterocycles. The summed E-state index contributed by atoms with van der Waals surface area (Å²) in [6.07, 6.45) is -0.191. The van der Waals surface area contributed by atoms with Crippen molar-refractivity contribution in [1.29, 1.82) is 0 Å². The van der Waals surface area contributed by atoms with Crippen molar-refractivity contribution in [3.8, 4) is 0 Å². The van der Waals surface area contributed by atoms with Crippen LogP contribution in [0.15, 0.2) is 58.3 Å². The molecule has 2 aromatic carbocycles. The molecular weight excluding hydrogens is 416 g/mol. The van der Waals surface area contributed by atoms with E-state index in [9.17, 15) is 26.4 Å². The van der Waals surface area contributed by atoms with E-state index >= 15 is 0 Å². The van der Waals surface area contributed by atoms with Gasteiger partial charge in [0.25, 0.3) is 0 Å². The van der Waals surface area contributed by atoms with Gasteiger partial charge in [0, 0.05) is 6.42 Å². The SMILES string of the molecule is Cc1ccc(S(=O)(=O)[C@H](C[C@@H](NC=O)S(=O)(=O)c2ccc(C)cc2)NC=O)cc1. The predicted octanol–water partition coefficient (Wildman–Crippen LogP) is 1.09. The maximum Gasteiger partial charge on any atom is 0.208 e. The van der Waals surface area contributed by atoms with Gasteiger partial charge in [0.05, 0.1) is 9.79 Å². The Hall–Kier alpha value is -2.72. The van der Waals surface area contributed by atoms with Crippen LogP contribution in [0.25, 0.3) is 0 Å². The molecule has 8 nitrogen and oxygen atoms in total. The molecule has 0 fully saturated rings. The third-order valence-corrected chi connectivity index (χ3v) is 8.40. The van der Waals surface area contributed by atoms with Gasteiger partial charge in [-0.15, -0.1) is 0 Å². The second-order valence-corrected chi connectivity index (χ2v) is 10.8. The lowest BCUT2D eigenvalue weighted by molar-refractivity contribution is -0.110. The Morgan fingerprint density at radius 1 is 0.690 bits per heavy atom. The second kappa shape index (κ2) is 9.19. The summed E-state index contributed by atoms with van der Waals surface area (Å²) in [6, 6.07) is 11.9. The number of hydrogen-bond donors (Lipinski definition) is 2. The average Bonchev–Trinajstić information content (AvgIpc) is 2.67. The first-order chi connectivity index (χ1) is 13.6. The van der Waals surface area contributed by atoms with E-state index in [0.29, 0.717) is 0 Å². The van der Waals surface area contributed by atoms with Crippen LogP contribution in [0.1, 0.15) is 17.5 Å². The molecule has 2 rings (SSSR count).